The molecule has 0 unspecified atom stereocenters. The number of hydrogen-bond acceptors (Lipinski definition) is 6. The summed E-state index contributed by atoms with van der Waals surface area (Å²) in [7, 11) is 0. The summed E-state index contributed by atoms with van der Waals surface area (Å²) >= 11 is 0. The van der Waals surface area contributed by atoms with Gasteiger partial charge in [0.15, 0.2) is 6.39 Å². The first-order valence-electron chi connectivity index (χ1n) is 9.41. The molecule has 1 amide bonds. The predicted molar refractivity (Wildman–Crippen MR) is 97.2 cm³/mol. The molecule has 0 bridgehead atoms. The first-order chi connectivity index (χ1) is 13.1. The van der Waals surface area contributed by atoms with Crippen molar-refractivity contribution in [3.63, 3.8) is 0 Å². The summed E-state index contributed by atoms with van der Waals surface area (Å²) in [5, 5.41) is 0. The number of carbonyl (C=O) groups is 1. The highest BCUT2D eigenvalue weighted by atomic mass is 16.5. The van der Waals surface area contributed by atoms with Gasteiger partial charge in [-0.25, -0.2) is 4.98 Å². The third-order valence-electron chi connectivity index (χ3n) is 5.55. The van der Waals surface area contributed by atoms with Gasteiger partial charge in [0.25, 0.3) is 5.91 Å². The molecule has 2 fully saturated rings. The molecule has 0 aliphatic carbocycles. The number of rotatable bonds is 6. The normalized spacial score (nSPS) is 20.8. The Morgan fingerprint density at radius 1 is 1.37 bits per heavy atom. The van der Waals surface area contributed by atoms with Gasteiger partial charge in [0.05, 0.1) is 31.1 Å². The zero-order chi connectivity index (χ0) is 18.9. The fourth-order valence-corrected chi connectivity index (χ4v) is 4.02. The Labute approximate surface area is 158 Å². The number of aryl methyl sites for hydroxylation is 2. The Morgan fingerprint density at radius 3 is 2.96 bits per heavy atom. The van der Waals surface area contributed by atoms with Crippen LogP contribution in [0, 0.1) is 19.8 Å². The van der Waals surface area contributed by atoms with E-state index in [1.165, 1.54) is 6.39 Å². The molecule has 7 nitrogen and oxygen atoms in total. The molecular formula is C20H25N3O4. The molecule has 0 N–H and O–H groups in total. The fourth-order valence-electron chi connectivity index (χ4n) is 4.02. The molecule has 0 saturated carbocycles. The van der Waals surface area contributed by atoms with E-state index in [0.717, 1.165) is 30.8 Å². The van der Waals surface area contributed by atoms with Crippen molar-refractivity contribution in [2.75, 3.05) is 26.3 Å². The second kappa shape index (κ2) is 7.40. The lowest BCUT2D eigenvalue weighted by Crippen LogP contribution is -2.66. The molecule has 2 aliphatic heterocycles. The number of aromatic nitrogens is 2. The van der Waals surface area contributed by atoms with Crippen molar-refractivity contribution in [3.05, 3.63) is 47.4 Å². The van der Waals surface area contributed by atoms with Gasteiger partial charge in [-0.2, -0.15) is 0 Å². The molecule has 2 aromatic rings. The first-order valence-corrected chi connectivity index (χ1v) is 9.41. The molecule has 2 saturated heterocycles. The lowest BCUT2D eigenvalue weighted by atomic mass is 9.79. The third kappa shape index (κ3) is 3.61. The van der Waals surface area contributed by atoms with Gasteiger partial charge in [-0.05, 0) is 44.7 Å². The molecule has 0 aromatic carbocycles. The average molecular weight is 371 g/mol. The smallest absolute Gasteiger partial charge is 0.291 e. The highest BCUT2D eigenvalue weighted by Gasteiger charge is 2.54. The van der Waals surface area contributed by atoms with Crippen molar-refractivity contribution in [2.24, 2.45) is 5.92 Å². The Hall–Kier alpha value is -2.25. The lowest BCUT2D eigenvalue weighted by molar-refractivity contribution is -0.121. The van der Waals surface area contributed by atoms with Crippen LogP contribution in [0.15, 0.2) is 29.0 Å². The van der Waals surface area contributed by atoms with Crippen LogP contribution in [0.4, 0.5) is 0 Å². The number of likely N-dealkylation sites (tertiary alicyclic amines) is 1. The zero-order valence-corrected chi connectivity index (χ0v) is 15.8. The maximum Gasteiger partial charge on any atom is 0.291 e. The monoisotopic (exact) mass is 371 g/mol. The number of carbonyl (C=O) groups excluding carboxylic acids is 1. The second-order valence-electron chi connectivity index (χ2n) is 7.44. The quantitative estimate of drug-likeness (QED) is 0.726. The largest absolute Gasteiger partial charge is 0.438 e. The third-order valence-corrected chi connectivity index (χ3v) is 5.55. The maximum absolute atomic E-state index is 12.5. The van der Waals surface area contributed by atoms with E-state index in [0.29, 0.717) is 43.7 Å². The molecule has 2 aromatic heterocycles. The molecule has 4 rings (SSSR count). The van der Waals surface area contributed by atoms with Gasteiger partial charge in [0.1, 0.15) is 5.60 Å². The van der Waals surface area contributed by atoms with Crippen LogP contribution in [0.25, 0.3) is 0 Å². The lowest BCUT2D eigenvalue weighted by Gasteiger charge is -2.50. The minimum absolute atomic E-state index is 0.105. The van der Waals surface area contributed by atoms with Gasteiger partial charge in [-0.1, -0.05) is 6.07 Å². The van der Waals surface area contributed by atoms with Gasteiger partial charge >= 0.3 is 0 Å². The molecule has 1 atom stereocenters. The van der Waals surface area contributed by atoms with Crippen molar-refractivity contribution in [1.82, 2.24) is 14.9 Å². The zero-order valence-electron chi connectivity index (χ0n) is 15.8. The fraction of sp³-hybridized carbons (Fsp3) is 0.550. The maximum atomic E-state index is 12.5. The molecule has 2 aliphatic rings. The van der Waals surface area contributed by atoms with Crippen LogP contribution in [-0.2, 0) is 16.1 Å². The van der Waals surface area contributed by atoms with Gasteiger partial charge in [-0.15, -0.1) is 0 Å². The van der Waals surface area contributed by atoms with E-state index in [2.05, 4.69) is 9.97 Å². The Morgan fingerprint density at radius 2 is 2.22 bits per heavy atom. The van der Waals surface area contributed by atoms with E-state index in [1.54, 1.807) is 11.8 Å². The summed E-state index contributed by atoms with van der Waals surface area (Å²) in [6, 6.07) is 5.96. The number of pyridine rings is 1. The molecule has 27 heavy (non-hydrogen) atoms. The van der Waals surface area contributed by atoms with Gasteiger partial charge in [0, 0.05) is 18.9 Å². The Balaban J connectivity index is 1.26. The predicted octanol–water partition coefficient (Wildman–Crippen LogP) is 2.52. The standard InChI is InChI=1S/C20H25N3O4/c1-14-4-3-5-17(22-14)10-25-8-6-16-7-9-27-20(16)11-23(12-20)19(24)18-15(2)21-13-26-18/h3-5,13,16H,6-12H2,1-2H3/t16-/m0/s1. The van der Waals surface area contributed by atoms with Crippen LogP contribution < -0.4 is 0 Å². The Kier molecular flexibility index (Phi) is 4.97. The van der Waals surface area contributed by atoms with E-state index in [9.17, 15) is 4.79 Å². The number of amides is 1. The highest BCUT2D eigenvalue weighted by Crippen LogP contribution is 2.42. The van der Waals surface area contributed by atoms with E-state index in [1.807, 2.05) is 25.1 Å². The van der Waals surface area contributed by atoms with Crippen LogP contribution in [0.1, 0.15) is 40.5 Å². The molecule has 1 spiro atoms. The molecule has 0 radical (unpaired) electrons. The number of oxazole rings is 1. The van der Waals surface area contributed by atoms with E-state index < -0.39 is 0 Å². The highest BCUT2D eigenvalue weighted by molar-refractivity contribution is 5.93. The minimum atomic E-state index is -0.228. The summed E-state index contributed by atoms with van der Waals surface area (Å²) < 4.78 is 17.1. The van der Waals surface area contributed by atoms with E-state index in [-0.39, 0.29) is 11.5 Å². The summed E-state index contributed by atoms with van der Waals surface area (Å²) in [6.45, 7) is 6.91. The van der Waals surface area contributed by atoms with Crippen molar-refractivity contribution < 1.29 is 18.7 Å². The van der Waals surface area contributed by atoms with Crippen molar-refractivity contribution >= 4 is 5.91 Å². The Bertz CT molecular complexity index is 813. The van der Waals surface area contributed by atoms with E-state index >= 15 is 0 Å². The average Bonchev–Trinajstić information content (AvgIpc) is 3.23. The van der Waals surface area contributed by atoms with Crippen LogP contribution in [0.5, 0.6) is 0 Å². The summed E-state index contributed by atoms with van der Waals surface area (Å²) in [5.41, 5.74) is 2.35. The topological polar surface area (TPSA) is 77.7 Å². The second-order valence-corrected chi connectivity index (χ2v) is 7.44. The number of hydrogen-bond donors (Lipinski definition) is 0. The molecule has 7 heteroatoms. The van der Waals surface area contributed by atoms with Gasteiger partial charge < -0.3 is 18.8 Å². The van der Waals surface area contributed by atoms with Crippen LogP contribution in [0.3, 0.4) is 0 Å². The molecule has 144 valence electrons. The van der Waals surface area contributed by atoms with Gasteiger partial charge in [0.2, 0.25) is 5.76 Å². The van der Waals surface area contributed by atoms with Gasteiger partial charge in [-0.3, -0.25) is 9.78 Å². The minimum Gasteiger partial charge on any atom is -0.438 e. The summed E-state index contributed by atoms with van der Waals surface area (Å²) in [5.74, 6) is 0.628. The first kappa shape index (κ1) is 18.1. The van der Waals surface area contributed by atoms with Crippen molar-refractivity contribution in [2.45, 2.75) is 38.9 Å². The van der Waals surface area contributed by atoms with Crippen LogP contribution >= 0.6 is 0 Å². The van der Waals surface area contributed by atoms with Crippen LogP contribution in [0.2, 0.25) is 0 Å². The number of ether oxygens (including phenoxy) is 2. The summed E-state index contributed by atoms with van der Waals surface area (Å²) in [6.07, 6.45) is 3.25. The summed E-state index contributed by atoms with van der Waals surface area (Å²) in [4.78, 5) is 22.7. The molecule has 4 heterocycles. The van der Waals surface area contributed by atoms with Crippen LogP contribution in [-0.4, -0.2) is 52.7 Å². The number of nitrogens with zero attached hydrogens (tertiary/aromatic N) is 3. The molecular weight excluding hydrogens is 346 g/mol. The SMILES string of the molecule is Cc1cccc(COCC[C@H]2CCOC23CN(C(=O)c2ocnc2C)C3)n1. The van der Waals surface area contributed by atoms with Crippen molar-refractivity contribution in [3.8, 4) is 0 Å². The van der Waals surface area contributed by atoms with Crippen molar-refractivity contribution in [1.29, 1.82) is 0 Å². The van der Waals surface area contributed by atoms with E-state index in [4.69, 9.17) is 13.9 Å².